The van der Waals surface area contributed by atoms with Crippen molar-refractivity contribution in [2.75, 3.05) is 25.6 Å². The first-order chi connectivity index (χ1) is 18.9. The highest BCUT2D eigenvalue weighted by molar-refractivity contribution is 7.22. The number of nitrogens with one attached hydrogen (secondary N) is 1. The largest absolute Gasteiger partial charge is 0.484 e. The number of aromatic nitrogens is 5. The van der Waals surface area contributed by atoms with Gasteiger partial charge in [-0.2, -0.15) is 0 Å². The van der Waals surface area contributed by atoms with E-state index >= 15 is 0 Å². The molecule has 0 radical (unpaired) electrons. The number of nitrogens with zero attached hydrogens (tertiary/aromatic N) is 5. The molecule has 1 aliphatic rings. The van der Waals surface area contributed by atoms with Gasteiger partial charge in [-0.3, -0.25) is 5.32 Å². The van der Waals surface area contributed by atoms with Crippen LogP contribution in [0.1, 0.15) is 11.1 Å². The minimum atomic E-state index is -0.667. The summed E-state index contributed by atoms with van der Waals surface area (Å²) in [7, 11) is 1.57. The van der Waals surface area contributed by atoms with Crippen molar-refractivity contribution in [1.29, 1.82) is 0 Å². The van der Waals surface area contributed by atoms with Crippen molar-refractivity contribution in [3.8, 4) is 28.0 Å². The summed E-state index contributed by atoms with van der Waals surface area (Å²) in [6.07, 6.45) is 3.21. The van der Waals surface area contributed by atoms with E-state index in [0.717, 1.165) is 42.9 Å². The lowest BCUT2D eigenvalue weighted by Crippen LogP contribution is -2.35. The number of halogens is 1. The average molecular weight is 565 g/mol. The van der Waals surface area contributed by atoms with Crippen molar-refractivity contribution < 1.29 is 23.7 Å². The van der Waals surface area contributed by atoms with E-state index in [1.807, 2.05) is 26.0 Å². The van der Waals surface area contributed by atoms with Crippen LogP contribution in [0.15, 0.2) is 36.8 Å². The lowest BCUT2D eigenvalue weighted by Gasteiger charge is -2.26. The highest BCUT2D eigenvalue weighted by Crippen LogP contribution is 2.46. The molecule has 1 atom stereocenters. The van der Waals surface area contributed by atoms with Gasteiger partial charge in [-0.25, -0.2) is 29.7 Å². The molecule has 5 aromatic rings. The maximum absolute atomic E-state index is 12.2. The lowest BCUT2D eigenvalue weighted by atomic mass is 10.1. The summed E-state index contributed by atoms with van der Waals surface area (Å²) < 4.78 is 23.7. The third kappa shape index (κ3) is 4.95. The number of anilines is 1. The molecule has 11 nitrogen and oxygen atoms in total. The molecule has 0 bridgehead atoms. The number of ether oxygens (including phenoxy) is 4. The van der Waals surface area contributed by atoms with Gasteiger partial charge >= 0.3 is 6.09 Å². The number of hydrogen-bond donors (Lipinski definition) is 1. The molecule has 13 heteroatoms. The number of hydrogen-bond acceptors (Lipinski definition) is 11. The van der Waals surface area contributed by atoms with E-state index in [4.69, 9.17) is 35.5 Å². The molecule has 0 saturated carbocycles. The van der Waals surface area contributed by atoms with Gasteiger partial charge in [0.2, 0.25) is 11.2 Å². The number of methoxy groups -OCH3 is 1. The van der Waals surface area contributed by atoms with Crippen molar-refractivity contribution in [3.05, 3.63) is 53.2 Å². The van der Waals surface area contributed by atoms with Crippen LogP contribution in [0.3, 0.4) is 0 Å². The SMILES string of the molecule is COc1cnc2c(-c3nc4c(C)cc5c(c4s3)OC[C@H](COC(=O)Nc3cnc(Cl)nc3)O5)cc(C)cc2n1. The second kappa shape index (κ2) is 10.1. The van der Waals surface area contributed by atoms with Gasteiger partial charge in [0.1, 0.15) is 22.9 Å². The van der Waals surface area contributed by atoms with Crippen molar-refractivity contribution in [1.82, 2.24) is 24.9 Å². The number of fused-ring (bicyclic) bond motifs is 4. The van der Waals surface area contributed by atoms with E-state index in [1.165, 1.54) is 23.7 Å². The number of rotatable bonds is 5. The molecule has 0 spiro atoms. The minimum Gasteiger partial charge on any atom is -0.484 e. The van der Waals surface area contributed by atoms with E-state index in [2.05, 4.69) is 31.3 Å². The summed E-state index contributed by atoms with van der Waals surface area (Å²) in [6, 6.07) is 5.91. The van der Waals surface area contributed by atoms with Crippen LogP contribution >= 0.6 is 22.9 Å². The maximum Gasteiger partial charge on any atom is 0.411 e. The Kier molecular flexibility index (Phi) is 6.49. The molecule has 1 N–H and O–H groups in total. The van der Waals surface area contributed by atoms with Crippen molar-refractivity contribution in [2.45, 2.75) is 20.0 Å². The maximum atomic E-state index is 12.2. The predicted molar refractivity (Wildman–Crippen MR) is 146 cm³/mol. The topological polar surface area (TPSA) is 130 Å². The summed E-state index contributed by atoms with van der Waals surface area (Å²) >= 11 is 7.17. The monoisotopic (exact) mass is 564 g/mol. The minimum absolute atomic E-state index is 0.0117. The first-order valence-corrected chi connectivity index (χ1v) is 13.0. The fraction of sp³-hybridized carbons (Fsp3) is 0.231. The number of aryl methyl sites for hydroxylation is 2. The highest BCUT2D eigenvalue weighted by atomic mass is 35.5. The Hall–Kier alpha value is -4.29. The highest BCUT2D eigenvalue weighted by Gasteiger charge is 2.27. The van der Waals surface area contributed by atoms with Crippen LogP contribution < -0.4 is 19.5 Å². The molecule has 1 amide bonds. The first-order valence-electron chi connectivity index (χ1n) is 11.8. The quantitative estimate of drug-likeness (QED) is 0.278. The van der Waals surface area contributed by atoms with Crippen LogP contribution in [0.5, 0.6) is 17.4 Å². The fourth-order valence-electron chi connectivity index (χ4n) is 4.20. The molecule has 1 aliphatic heterocycles. The van der Waals surface area contributed by atoms with Crippen molar-refractivity contribution >= 4 is 56.0 Å². The zero-order valence-electron chi connectivity index (χ0n) is 21.0. The molecule has 4 heterocycles. The molecular formula is C26H21ClN6O5S. The summed E-state index contributed by atoms with van der Waals surface area (Å²) in [5.74, 6) is 1.64. The molecule has 39 heavy (non-hydrogen) atoms. The van der Waals surface area contributed by atoms with Crippen molar-refractivity contribution in [2.24, 2.45) is 0 Å². The van der Waals surface area contributed by atoms with E-state index in [0.29, 0.717) is 23.1 Å². The van der Waals surface area contributed by atoms with Crippen LogP contribution in [0.4, 0.5) is 10.5 Å². The standard InChI is InChI=1S/C26H21ClN6O5S/c1-12-4-16(21-17(5-12)32-19(35-3)9-28-21)24-33-20-13(2)6-18-22(23(20)39-24)36-10-15(38-18)11-37-26(34)31-14-7-29-25(27)30-8-14/h4-9,15H,10-11H2,1-3H3,(H,31,34)/t15-/m1/s1. The normalized spacial score (nSPS) is 14.4. The molecule has 2 aromatic carbocycles. The third-order valence-electron chi connectivity index (χ3n) is 5.96. The van der Waals surface area contributed by atoms with Gasteiger partial charge in [0, 0.05) is 5.56 Å². The molecular weight excluding hydrogens is 544 g/mol. The third-order valence-corrected chi connectivity index (χ3v) is 7.24. The molecule has 6 rings (SSSR count). The molecule has 0 fully saturated rings. The van der Waals surface area contributed by atoms with Gasteiger partial charge < -0.3 is 18.9 Å². The Morgan fingerprint density at radius 2 is 1.95 bits per heavy atom. The second-order valence-corrected chi connectivity index (χ2v) is 10.2. The number of carbonyl (C=O) groups is 1. The molecule has 0 aliphatic carbocycles. The second-order valence-electron chi connectivity index (χ2n) is 8.83. The van der Waals surface area contributed by atoms with Gasteiger partial charge in [-0.05, 0) is 54.8 Å². The smallest absolute Gasteiger partial charge is 0.411 e. The molecule has 0 saturated heterocycles. The zero-order chi connectivity index (χ0) is 27.1. The summed E-state index contributed by atoms with van der Waals surface area (Å²) in [6.45, 7) is 4.17. The summed E-state index contributed by atoms with van der Waals surface area (Å²) in [5, 5.41) is 3.42. The molecule has 3 aromatic heterocycles. The first kappa shape index (κ1) is 25.0. The van der Waals surface area contributed by atoms with Crippen LogP contribution in [0.2, 0.25) is 5.28 Å². The number of amides is 1. The van der Waals surface area contributed by atoms with Gasteiger partial charge in [0.05, 0.1) is 47.9 Å². The van der Waals surface area contributed by atoms with Crippen LogP contribution in [-0.2, 0) is 4.74 Å². The Morgan fingerprint density at radius 1 is 1.13 bits per heavy atom. The van der Waals surface area contributed by atoms with E-state index < -0.39 is 12.2 Å². The van der Waals surface area contributed by atoms with Gasteiger partial charge in [-0.1, -0.05) is 0 Å². The molecule has 0 unspecified atom stereocenters. The Labute approximate surface area is 231 Å². The van der Waals surface area contributed by atoms with Crippen LogP contribution in [0.25, 0.3) is 31.8 Å². The molecule has 198 valence electrons. The summed E-state index contributed by atoms with van der Waals surface area (Å²) in [5.41, 5.74) is 5.51. The number of benzene rings is 2. The van der Waals surface area contributed by atoms with E-state index in [-0.39, 0.29) is 18.5 Å². The average Bonchev–Trinajstić information content (AvgIpc) is 3.38. The lowest BCUT2D eigenvalue weighted by molar-refractivity contribution is 0.0383. The van der Waals surface area contributed by atoms with Crippen LogP contribution in [0, 0.1) is 13.8 Å². The fourth-order valence-corrected chi connectivity index (χ4v) is 5.45. The summed E-state index contributed by atoms with van der Waals surface area (Å²) in [4.78, 5) is 33.9. The Morgan fingerprint density at radius 3 is 2.74 bits per heavy atom. The van der Waals surface area contributed by atoms with Crippen molar-refractivity contribution in [3.63, 3.8) is 0 Å². The Bertz CT molecular complexity index is 1730. The Balaban J connectivity index is 1.24. The number of thiazole rings is 1. The number of carbonyl (C=O) groups excluding carboxylic acids is 1. The van der Waals surface area contributed by atoms with Gasteiger partial charge in [-0.15, -0.1) is 11.3 Å². The van der Waals surface area contributed by atoms with Gasteiger partial charge in [0.25, 0.3) is 0 Å². The van der Waals surface area contributed by atoms with E-state index in [1.54, 1.807) is 13.3 Å². The predicted octanol–water partition coefficient (Wildman–Crippen LogP) is 5.36. The van der Waals surface area contributed by atoms with Gasteiger partial charge in [0.15, 0.2) is 17.6 Å². The zero-order valence-corrected chi connectivity index (χ0v) is 22.6. The van der Waals surface area contributed by atoms with E-state index in [9.17, 15) is 4.79 Å². The van der Waals surface area contributed by atoms with Crippen LogP contribution in [-0.4, -0.2) is 57.4 Å².